The molecule has 70 valence electrons. The van der Waals surface area contributed by atoms with Crippen LogP contribution in [0.5, 0.6) is 0 Å². The molecule has 2 atom stereocenters. The molecule has 1 nitrogen and oxygen atoms in total. The number of aryl methyl sites for hydroxylation is 1. The van der Waals surface area contributed by atoms with E-state index in [1.54, 1.807) is 0 Å². The zero-order chi connectivity index (χ0) is 9.26. The van der Waals surface area contributed by atoms with Crippen LogP contribution in [-0.2, 0) is 0 Å². The maximum atomic E-state index is 3.55. The van der Waals surface area contributed by atoms with Crippen LogP contribution in [0.15, 0.2) is 24.3 Å². The van der Waals surface area contributed by atoms with Gasteiger partial charge >= 0.3 is 0 Å². The second kappa shape index (κ2) is 3.51. The quantitative estimate of drug-likeness (QED) is 0.692. The van der Waals surface area contributed by atoms with Gasteiger partial charge in [0.05, 0.1) is 0 Å². The van der Waals surface area contributed by atoms with Crippen molar-refractivity contribution >= 4 is 0 Å². The van der Waals surface area contributed by atoms with Gasteiger partial charge in [0.15, 0.2) is 0 Å². The van der Waals surface area contributed by atoms with Crippen LogP contribution in [0.25, 0.3) is 0 Å². The molecular formula is C12H17N. The molecule has 1 heterocycles. The van der Waals surface area contributed by atoms with Gasteiger partial charge in [-0.15, -0.1) is 0 Å². The Morgan fingerprint density at radius 1 is 1.38 bits per heavy atom. The molecule has 0 aromatic heterocycles. The molecule has 2 rings (SSSR count). The van der Waals surface area contributed by atoms with E-state index in [1.165, 1.54) is 24.1 Å². The average molecular weight is 175 g/mol. The molecule has 0 spiro atoms. The van der Waals surface area contributed by atoms with Crippen molar-refractivity contribution in [1.82, 2.24) is 5.32 Å². The van der Waals surface area contributed by atoms with Gasteiger partial charge in [-0.1, -0.05) is 36.8 Å². The third kappa shape index (κ3) is 1.75. The Kier molecular flexibility index (Phi) is 2.36. The maximum Gasteiger partial charge on any atom is 0.0346 e. The highest BCUT2D eigenvalue weighted by Crippen LogP contribution is 2.28. The fourth-order valence-electron chi connectivity index (χ4n) is 2.14. The van der Waals surface area contributed by atoms with Gasteiger partial charge in [0.1, 0.15) is 0 Å². The number of benzene rings is 1. The number of hydrogen-bond acceptors (Lipinski definition) is 1. The molecule has 1 saturated heterocycles. The summed E-state index contributed by atoms with van der Waals surface area (Å²) in [5.41, 5.74) is 2.81. The summed E-state index contributed by atoms with van der Waals surface area (Å²) in [6.07, 6.45) is 1.30. The summed E-state index contributed by atoms with van der Waals surface area (Å²) < 4.78 is 0. The van der Waals surface area contributed by atoms with E-state index in [2.05, 4.69) is 43.4 Å². The summed E-state index contributed by atoms with van der Waals surface area (Å²) in [5, 5.41) is 3.55. The summed E-state index contributed by atoms with van der Waals surface area (Å²) in [4.78, 5) is 0. The lowest BCUT2D eigenvalue weighted by Gasteiger charge is -2.16. The average Bonchev–Trinajstić information content (AvgIpc) is 2.51. The Labute approximate surface area is 80.2 Å². The van der Waals surface area contributed by atoms with Crippen molar-refractivity contribution in [3.63, 3.8) is 0 Å². The van der Waals surface area contributed by atoms with Gasteiger partial charge in [-0.05, 0) is 31.4 Å². The van der Waals surface area contributed by atoms with Crippen LogP contribution in [0.2, 0.25) is 0 Å². The SMILES string of the molecule is Cc1cccc(C2NCCC2C)c1. The minimum atomic E-state index is 0.583. The van der Waals surface area contributed by atoms with Crippen molar-refractivity contribution in [2.24, 2.45) is 5.92 Å². The molecule has 2 unspecified atom stereocenters. The molecule has 1 aliphatic heterocycles. The van der Waals surface area contributed by atoms with Gasteiger partial charge in [0, 0.05) is 6.04 Å². The highest BCUT2D eigenvalue weighted by Gasteiger charge is 2.23. The Hall–Kier alpha value is -0.820. The Morgan fingerprint density at radius 2 is 2.23 bits per heavy atom. The van der Waals surface area contributed by atoms with E-state index in [9.17, 15) is 0 Å². The first-order valence-electron chi connectivity index (χ1n) is 5.07. The standard InChI is InChI=1S/C12H17N/c1-9-4-3-5-11(8-9)12-10(2)6-7-13-12/h3-5,8,10,12-13H,6-7H2,1-2H3. The van der Waals surface area contributed by atoms with E-state index >= 15 is 0 Å². The first-order valence-corrected chi connectivity index (χ1v) is 5.07. The largest absolute Gasteiger partial charge is 0.310 e. The molecule has 0 bridgehead atoms. The third-order valence-corrected chi connectivity index (χ3v) is 2.93. The first-order chi connectivity index (χ1) is 6.27. The zero-order valence-corrected chi connectivity index (χ0v) is 8.38. The minimum absolute atomic E-state index is 0.583. The van der Waals surface area contributed by atoms with E-state index in [-0.39, 0.29) is 0 Å². The molecule has 1 aromatic rings. The van der Waals surface area contributed by atoms with Gasteiger partial charge < -0.3 is 5.32 Å². The van der Waals surface area contributed by atoms with Gasteiger partial charge in [0.2, 0.25) is 0 Å². The van der Waals surface area contributed by atoms with E-state index in [1.807, 2.05) is 0 Å². The number of hydrogen-bond donors (Lipinski definition) is 1. The van der Waals surface area contributed by atoms with Crippen LogP contribution in [0.1, 0.15) is 30.5 Å². The van der Waals surface area contributed by atoms with E-state index in [0.29, 0.717) is 6.04 Å². The number of rotatable bonds is 1. The van der Waals surface area contributed by atoms with Gasteiger partial charge in [-0.25, -0.2) is 0 Å². The molecule has 1 N–H and O–H groups in total. The normalized spacial score (nSPS) is 27.8. The first kappa shape index (κ1) is 8.76. The second-order valence-electron chi connectivity index (χ2n) is 4.11. The fourth-order valence-corrected chi connectivity index (χ4v) is 2.14. The number of nitrogens with one attached hydrogen (secondary N) is 1. The predicted octanol–water partition coefficient (Wildman–Crippen LogP) is 2.67. The monoisotopic (exact) mass is 175 g/mol. The maximum absolute atomic E-state index is 3.55. The highest BCUT2D eigenvalue weighted by molar-refractivity contribution is 5.26. The molecule has 0 saturated carbocycles. The van der Waals surface area contributed by atoms with E-state index in [0.717, 1.165) is 5.92 Å². The van der Waals surface area contributed by atoms with Gasteiger partial charge in [-0.2, -0.15) is 0 Å². The lowest BCUT2D eigenvalue weighted by Crippen LogP contribution is -2.16. The molecule has 1 aliphatic rings. The smallest absolute Gasteiger partial charge is 0.0346 e. The van der Waals surface area contributed by atoms with Crippen molar-refractivity contribution in [2.75, 3.05) is 6.54 Å². The second-order valence-corrected chi connectivity index (χ2v) is 4.11. The molecule has 0 amide bonds. The van der Waals surface area contributed by atoms with Crippen LogP contribution in [-0.4, -0.2) is 6.54 Å². The highest BCUT2D eigenvalue weighted by atomic mass is 14.9. The predicted molar refractivity (Wildman–Crippen MR) is 55.7 cm³/mol. The minimum Gasteiger partial charge on any atom is -0.310 e. The lowest BCUT2D eigenvalue weighted by atomic mass is 9.95. The van der Waals surface area contributed by atoms with Crippen LogP contribution in [0.3, 0.4) is 0 Å². The third-order valence-electron chi connectivity index (χ3n) is 2.93. The molecule has 0 aliphatic carbocycles. The Balaban J connectivity index is 2.24. The van der Waals surface area contributed by atoms with E-state index in [4.69, 9.17) is 0 Å². The van der Waals surface area contributed by atoms with Crippen LogP contribution >= 0.6 is 0 Å². The van der Waals surface area contributed by atoms with Gasteiger partial charge in [0.25, 0.3) is 0 Å². The Bertz CT molecular complexity index is 293. The summed E-state index contributed by atoms with van der Waals surface area (Å²) in [6.45, 7) is 5.65. The zero-order valence-electron chi connectivity index (χ0n) is 8.38. The molecule has 1 heteroatoms. The summed E-state index contributed by atoms with van der Waals surface area (Å²) in [7, 11) is 0. The van der Waals surface area contributed by atoms with Crippen LogP contribution < -0.4 is 5.32 Å². The molecular weight excluding hydrogens is 158 g/mol. The molecule has 1 aromatic carbocycles. The van der Waals surface area contributed by atoms with Crippen molar-refractivity contribution in [1.29, 1.82) is 0 Å². The van der Waals surface area contributed by atoms with Crippen molar-refractivity contribution in [3.05, 3.63) is 35.4 Å². The molecule has 13 heavy (non-hydrogen) atoms. The summed E-state index contributed by atoms with van der Waals surface area (Å²) >= 11 is 0. The van der Waals surface area contributed by atoms with Gasteiger partial charge in [-0.3, -0.25) is 0 Å². The topological polar surface area (TPSA) is 12.0 Å². The van der Waals surface area contributed by atoms with Crippen molar-refractivity contribution in [2.45, 2.75) is 26.3 Å². The molecule has 1 fully saturated rings. The van der Waals surface area contributed by atoms with E-state index < -0.39 is 0 Å². The lowest BCUT2D eigenvalue weighted by molar-refractivity contribution is 0.503. The fraction of sp³-hybridized carbons (Fsp3) is 0.500. The van der Waals surface area contributed by atoms with Crippen LogP contribution in [0.4, 0.5) is 0 Å². The summed E-state index contributed by atoms with van der Waals surface area (Å²) in [5.74, 6) is 0.779. The summed E-state index contributed by atoms with van der Waals surface area (Å²) in [6, 6.07) is 9.41. The van der Waals surface area contributed by atoms with Crippen molar-refractivity contribution in [3.8, 4) is 0 Å². The van der Waals surface area contributed by atoms with Crippen LogP contribution in [0, 0.1) is 12.8 Å². The Morgan fingerprint density at radius 3 is 2.85 bits per heavy atom. The van der Waals surface area contributed by atoms with Crippen molar-refractivity contribution < 1.29 is 0 Å². The molecule has 0 radical (unpaired) electrons.